The van der Waals surface area contributed by atoms with Gasteiger partial charge in [0, 0.05) is 11.1 Å². The lowest BCUT2D eigenvalue weighted by atomic mass is 10.2. The van der Waals surface area contributed by atoms with Gasteiger partial charge >= 0.3 is 0 Å². The third-order valence-electron chi connectivity index (χ3n) is 1.33. The number of carbonyl (C=O) groups excluding carboxylic acids is 1. The van der Waals surface area contributed by atoms with Crippen LogP contribution < -0.4 is 4.74 Å². The smallest absolute Gasteiger partial charge is 0.254 e. The van der Waals surface area contributed by atoms with Gasteiger partial charge < -0.3 is 4.74 Å². The standard InChI is InChI=1S/C7H6N4O2/c1-13-7-5(3-2-4-9-7)6(12)10-11-8/h2-4H,1H3. The minimum absolute atomic E-state index is 0.153. The molecule has 6 heteroatoms. The molecule has 1 aromatic heterocycles. The first kappa shape index (κ1) is 9.02. The van der Waals surface area contributed by atoms with Crippen LogP contribution in [-0.4, -0.2) is 18.0 Å². The molecule has 66 valence electrons. The van der Waals surface area contributed by atoms with Crippen LogP contribution >= 0.6 is 0 Å². The third kappa shape index (κ3) is 1.94. The van der Waals surface area contributed by atoms with Crippen LogP contribution in [0.1, 0.15) is 10.4 Å². The molecular formula is C7H6N4O2. The Bertz CT molecular complexity index is 371. The number of nitrogens with zero attached hydrogens (tertiary/aromatic N) is 4. The number of amides is 1. The highest BCUT2D eigenvalue weighted by Crippen LogP contribution is 2.14. The molecule has 0 aliphatic rings. The molecule has 0 saturated carbocycles. The first-order chi connectivity index (χ1) is 6.29. The van der Waals surface area contributed by atoms with Gasteiger partial charge in [-0.15, -0.1) is 0 Å². The van der Waals surface area contributed by atoms with Gasteiger partial charge in [-0.25, -0.2) is 4.98 Å². The Morgan fingerprint density at radius 1 is 1.77 bits per heavy atom. The van der Waals surface area contributed by atoms with E-state index in [4.69, 9.17) is 10.3 Å². The van der Waals surface area contributed by atoms with Gasteiger partial charge in [-0.3, -0.25) is 4.79 Å². The van der Waals surface area contributed by atoms with Crippen molar-refractivity contribution in [2.45, 2.75) is 0 Å². The van der Waals surface area contributed by atoms with Crippen LogP contribution in [0.5, 0.6) is 5.88 Å². The Morgan fingerprint density at radius 3 is 3.15 bits per heavy atom. The van der Waals surface area contributed by atoms with Crippen LogP contribution in [0.25, 0.3) is 10.4 Å². The van der Waals surface area contributed by atoms with E-state index in [1.54, 1.807) is 6.07 Å². The fourth-order valence-corrected chi connectivity index (χ4v) is 0.811. The van der Waals surface area contributed by atoms with Crippen LogP contribution in [-0.2, 0) is 0 Å². The van der Waals surface area contributed by atoms with E-state index in [-0.39, 0.29) is 11.4 Å². The second-order valence-electron chi connectivity index (χ2n) is 2.05. The van der Waals surface area contributed by atoms with E-state index in [0.29, 0.717) is 0 Å². The van der Waals surface area contributed by atoms with Gasteiger partial charge in [-0.05, 0) is 22.8 Å². The minimum atomic E-state index is -0.701. The van der Waals surface area contributed by atoms with Crippen LogP contribution in [0.15, 0.2) is 23.4 Å². The van der Waals surface area contributed by atoms with Gasteiger partial charge in [0.1, 0.15) is 0 Å². The topological polar surface area (TPSA) is 88.0 Å². The Labute approximate surface area is 73.8 Å². The van der Waals surface area contributed by atoms with Crippen molar-refractivity contribution in [3.05, 3.63) is 34.3 Å². The van der Waals surface area contributed by atoms with Crippen molar-refractivity contribution in [3.8, 4) is 5.88 Å². The van der Waals surface area contributed by atoms with E-state index >= 15 is 0 Å². The molecule has 1 rings (SSSR count). The number of azide groups is 1. The molecule has 1 aromatic rings. The van der Waals surface area contributed by atoms with E-state index in [1.807, 2.05) is 0 Å². The van der Waals surface area contributed by atoms with Gasteiger partial charge in [-0.1, -0.05) is 0 Å². The summed E-state index contributed by atoms with van der Waals surface area (Å²) in [5.74, 6) is -0.549. The number of hydrogen-bond donors (Lipinski definition) is 0. The molecule has 0 radical (unpaired) electrons. The minimum Gasteiger partial charge on any atom is -0.480 e. The Balaban J connectivity index is 3.12. The Hall–Kier alpha value is -2.07. The maximum absolute atomic E-state index is 11.1. The highest BCUT2D eigenvalue weighted by Gasteiger charge is 2.09. The van der Waals surface area contributed by atoms with Gasteiger partial charge in [0.15, 0.2) is 0 Å². The van der Waals surface area contributed by atoms with Gasteiger partial charge in [0.2, 0.25) is 5.88 Å². The van der Waals surface area contributed by atoms with Crippen LogP contribution in [0, 0.1) is 0 Å². The lowest BCUT2D eigenvalue weighted by Crippen LogP contribution is -1.99. The van der Waals surface area contributed by atoms with Crippen LogP contribution in [0.3, 0.4) is 0 Å². The summed E-state index contributed by atoms with van der Waals surface area (Å²) < 4.78 is 4.80. The molecule has 1 amide bonds. The number of rotatable bonds is 2. The number of pyridine rings is 1. The fraction of sp³-hybridized carbons (Fsp3) is 0.143. The Morgan fingerprint density at radius 2 is 2.54 bits per heavy atom. The molecule has 6 nitrogen and oxygen atoms in total. The molecule has 0 unspecified atom stereocenters. The Kier molecular flexibility index (Phi) is 2.83. The number of methoxy groups -OCH3 is 1. The van der Waals surface area contributed by atoms with Crippen molar-refractivity contribution in [2.75, 3.05) is 7.11 Å². The van der Waals surface area contributed by atoms with Gasteiger partial charge in [0.25, 0.3) is 5.91 Å². The molecule has 0 atom stereocenters. The largest absolute Gasteiger partial charge is 0.480 e. The van der Waals surface area contributed by atoms with Crippen LogP contribution in [0.2, 0.25) is 0 Å². The van der Waals surface area contributed by atoms with E-state index < -0.39 is 5.91 Å². The maximum atomic E-state index is 11.1. The summed E-state index contributed by atoms with van der Waals surface area (Å²) in [4.78, 5) is 17.2. The molecule has 0 aliphatic heterocycles. The molecular weight excluding hydrogens is 172 g/mol. The zero-order valence-corrected chi connectivity index (χ0v) is 6.84. The van der Waals surface area contributed by atoms with E-state index in [0.717, 1.165) is 0 Å². The van der Waals surface area contributed by atoms with E-state index in [9.17, 15) is 4.79 Å². The predicted octanol–water partition coefficient (Wildman–Crippen LogP) is 1.54. The van der Waals surface area contributed by atoms with Gasteiger partial charge in [-0.2, -0.15) is 0 Å². The number of hydrogen-bond acceptors (Lipinski definition) is 3. The van der Waals surface area contributed by atoms with E-state index in [2.05, 4.69) is 15.0 Å². The summed E-state index contributed by atoms with van der Waals surface area (Å²) in [5, 5.41) is 2.93. The van der Waals surface area contributed by atoms with Crippen molar-refractivity contribution < 1.29 is 9.53 Å². The average Bonchev–Trinajstić information content (AvgIpc) is 2.18. The van der Waals surface area contributed by atoms with Crippen molar-refractivity contribution in [1.29, 1.82) is 0 Å². The van der Waals surface area contributed by atoms with Crippen molar-refractivity contribution >= 4 is 5.91 Å². The highest BCUT2D eigenvalue weighted by atomic mass is 16.5. The predicted molar refractivity (Wildman–Crippen MR) is 44.3 cm³/mol. The monoisotopic (exact) mass is 178 g/mol. The lowest BCUT2D eigenvalue weighted by Gasteiger charge is -2.01. The second kappa shape index (κ2) is 4.08. The molecule has 0 aliphatic carbocycles. The maximum Gasteiger partial charge on any atom is 0.254 e. The third-order valence-corrected chi connectivity index (χ3v) is 1.33. The normalized spacial score (nSPS) is 8.69. The first-order valence-electron chi connectivity index (χ1n) is 3.38. The summed E-state index contributed by atoms with van der Waals surface area (Å²) in [6.45, 7) is 0. The molecule has 13 heavy (non-hydrogen) atoms. The summed E-state index contributed by atoms with van der Waals surface area (Å²) in [6.07, 6.45) is 1.48. The highest BCUT2D eigenvalue weighted by molar-refractivity contribution is 5.96. The molecule has 0 N–H and O–H groups in total. The number of ether oxygens (including phenoxy) is 1. The molecule has 0 aromatic carbocycles. The fourth-order valence-electron chi connectivity index (χ4n) is 0.811. The summed E-state index contributed by atoms with van der Waals surface area (Å²) in [5.41, 5.74) is 8.19. The molecule has 0 bridgehead atoms. The lowest BCUT2D eigenvalue weighted by molar-refractivity contribution is 0.0996. The molecule has 0 saturated heterocycles. The molecule has 0 fully saturated rings. The molecule has 1 heterocycles. The van der Waals surface area contributed by atoms with E-state index in [1.165, 1.54) is 19.4 Å². The zero-order valence-electron chi connectivity index (χ0n) is 6.84. The summed E-state index contributed by atoms with van der Waals surface area (Å²) >= 11 is 0. The summed E-state index contributed by atoms with van der Waals surface area (Å²) in [7, 11) is 1.38. The van der Waals surface area contributed by atoms with Crippen molar-refractivity contribution in [2.24, 2.45) is 5.11 Å². The van der Waals surface area contributed by atoms with Gasteiger partial charge in [0.05, 0.1) is 12.7 Å². The quantitative estimate of drug-likeness (QED) is 0.391. The first-order valence-corrected chi connectivity index (χ1v) is 3.38. The number of aromatic nitrogens is 1. The van der Waals surface area contributed by atoms with Crippen molar-refractivity contribution in [3.63, 3.8) is 0 Å². The second-order valence-corrected chi connectivity index (χ2v) is 2.05. The van der Waals surface area contributed by atoms with Crippen LogP contribution in [0.4, 0.5) is 0 Å². The summed E-state index contributed by atoms with van der Waals surface area (Å²) in [6, 6.07) is 3.03. The number of carbonyl (C=O) groups is 1. The SMILES string of the molecule is COc1ncccc1C(=O)N=[N+]=[N-]. The molecule has 0 spiro atoms. The zero-order chi connectivity index (χ0) is 9.68. The van der Waals surface area contributed by atoms with Crippen molar-refractivity contribution in [1.82, 2.24) is 4.98 Å². The average molecular weight is 178 g/mol.